The van der Waals surface area contributed by atoms with Crippen molar-refractivity contribution in [2.75, 3.05) is 6.54 Å². The second kappa shape index (κ2) is 5.66. The van der Waals surface area contributed by atoms with Crippen molar-refractivity contribution in [1.82, 2.24) is 10.6 Å². The molecule has 1 heterocycles. The van der Waals surface area contributed by atoms with Gasteiger partial charge in [0.2, 0.25) is 0 Å². The summed E-state index contributed by atoms with van der Waals surface area (Å²) in [5.41, 5.74) is 0.668. The van der Waals surface area contributed by atoms with E-state index in [0.29, 0.717) is 24.1 Å². The van der Waals surface area contributed by atoms with Gasteiger partial charge in [0.25, 0.3) is 0 Å². The molecule has 0 fully saturated rings. The van der Waals surface area contributed by atoms with E-state index in [-0.39, 0.29) is 5.75 Å². The number of guanidine groups is 1. The smallest absolute Gasteiger partial charge is 0.387 e. The Balaban J connectivity index is 1.96. The van der Waals surface area contributed by atoms with E-state index in [9.17, 15) is 8.78 Å². The molecule has 4 nitrogen and oxygen atoms in total. The summed E-state index contributed by atoms with van der Waals surface area (Å²) in [5, 5.41) is 6.19. The first kappa shape index (κ1) is 12.6. The normalized spacial score (nSPS) is 18.4. The largest absolute Gasteiger partial charge is 0.434 e. The van der Waals surface area contributed by atoms with Gasteiger partial charge in [0.05, 0.1) is 6.54 Å². The van der Waals surface area contributed by atoms with Gasteiger partial charge in [-0.15, -0.1) is 0 Å². The minimum Gasteiger partial charge on any atom is -0.434 e. The lowest BCUT2D eigenvalue weighted by Crippen LogP contribution is -2.37. The molecule has 0 amide bonds. The monoisotopic (exact) mass is 255 g/mol. The molecule has 1 aliphatic rings. The van der Waals surface area contributed by atoms with Crippen LogP contribution in [0.2, 0.25) is 0 Å². The Morgan fingerprint density at radius 2 is 2.28 bits per heavy atom. The highest BCUT2D eigenvalue weighted by molar-refractivity contribution is 5.81. The number of aliphatic imine (C=N–C) groups is 1. The number of alkyl halides is 2. The Morgan fingerprint density at radius 1 is 1.50 bits per heavy atom. The molecule has 0 aromatic heterocycles. The number of para-hydroxylation sites is 1. The van der Waals surface area contributed by atoms with Gasteiger partial charge < -0.3 is 15.4 Å². The molecule has 6 heteroatoms. The average Bonchev–Trinajstić information content (AvgIpc) is 2.73. The van der Waals surface area contributed by atoms with Crippen LogP contribution in [0.15, 0.2) is 29.3 Å². The summed E-state index contributed by atoms with van der Waals surface area (Å²) < 4.78 is 28.9. The highest BCUT2D eigenvalue weighted by atomic mass is 19.3. The van der Waals surface area contributed by atoms with Crippen LogP contribution in [0, 0.1) is 0 Å². The van der Waals surface area contributed by atoms with Crippen LogP contribution in [-0.2, 0) is 6.54 Å². The van der Waals surface area contributed by atoms with Crippen LogP contribution >= 0.6 is 0 Å². The van der Waals surface area contributed by atoms with E-state index in [0.717, 1.165) is 6.54 Å². The lowest BCUT2D eigenvalue weighted by atomic mass is 10.2. The molecular weight excluding hydrogens is 240 g/mol. The van der Waals surface area contributed by atoms with Gasteiger partial charge in [-0.3, -0.25) is 4.99 Å². The van der Waals surface area contributed by atoms with Gasteiger partial charge >= 0.3 is 6.61 Å². The highest BCUT2D eigenvalue weighted by Gasteiger charge is 2.13. The molecular formula is C12H15F2N3O. The number of nitrogens with one attached hydrogen (secondary N) is 2. The van der Waals surface area contributed by atoms with Gasteiger partial charge in [-0.1, -0.05) is 18.2 Å². The maximum Gasteiger partial charge on any atom is 0.387 e. The summed E-state index contributed by atoms with van der Waals surface area (Å²) in [7, 11) is 0. The third-order valence-corrected chi connectivity index (χ3v) is 2.54. The first-order valence-corrected chi connectivity index (χ1v) is 5.72. The van der Waals surface area contributed by atoms with Gasteiger partial charge in [0.15, 0.2) is 5.96 Å². The quantitative estimate of drug-likeness (QED) is 0.861. The molecule has 0 spiro atoms. The van der Waals surface area contributed by atoms with Crippen LogP contribution < -0.4 is 15.4 Å². The van der Waals surface area contributed by atoms with E-state index in [2.05, 4.69) is 20.4 Å². The molecule has 1 aromatic rings. The molecule has 1 unspecified atom stereocenters. The Kier molecular flexibility index (Phi) is 3.96. The van der Waals surface area contributed by atoms with Crippen LogP contribution in [0.1, 0.15) is 12.5 Å². The van der Waals surface area contributed by atoms with E-state index in [1.54, 1.807) is 18.2 Å². The minimum atomic E-state index is -2.81. The molecule has 0 saturated carbocycles. The molecule has 0 radical (unpaired) electrons. The van der Waals surface area contributed by atoms with E-state index in [1.165, 1.54) is 6.07 Å². The molecule has 0 bridgehead atoms. The van der Waals surface area contributed by atoms with Crippen LogP contribution in [-0.4, -0.2) is 25.2 Å². The SMILES string of the molecule is CC1CN=C(NCc2ccccc2OC(F)F)N1. The third kappa shape index (κ3) is 3.32. The molecule has 0 saturated heterocycles. The number of benzene rings is 1. The van der Waals surface area contributed by atoms with Crippen molar-refractivity contribution < 1.29 is 13.5 Å². The molecule has 1 atom stereocenters. The zero-order valence-corrected chi connectivity index (χ0v) is 9.99. The molecule has 2 rings (SSSR count). The fourth-order valence-electron chi connectivity index (χ4n) is 1.70. The van der Waals surface area contributed by atoms with Crippen molar-refractivity contribution in [2.24, 2.45) is 4.99 Å². The molecule has 18 heavy (non-hydrogen) atoms. The zero-order valence-electron chi connectivity index (χ0n) is 9.99. The van der Waals surface area contributed by atoms with Crippen LogP contribution in [0.25, 0.3) is 0 Å². The number of nitrogens with zero attached hydrogens (tertiary/aromatic N) is 1. The van der Waals surface area contributed by atoms with Gasteiger partial charge in [0.1, 0.15) is 5.75 Å². The first-order chi connectivity index (χ1) is 8.65. The van der Waals surface area contributed by atoms with E-state index in [4.69, 9.17) is 0 Å². The Hall–Kier alpha value is -1.85. The summed E-state index contributed by atoms with van der Waals surface area (Å²) in [5.74, 6) is 0.876. The van der Waals surface area contributed by atoms with E-state index >= 15 is 0 Å². The number of rotatable bonds is 4. The number of hydrogen-bond donors (Lipinski definition) is 2. The first-order valence-electron chi connectivity index (χ1n) is 5.72. The zero-order chi connectivity index (χ0) is 13.0. The van der Waals surface area contributed by atoms with Crippen LogP contribution in [0.4, 0.5) is 8.78 Å². The summed E-state index contributed by atoms with van der Waals surface area (Å²) in [6, 6.07) is 7.01. The molecule has 1 aliphatic heterocycles. The second-order valence-electron chi connectivity index (χ2n) is 4.07. The summed E-state index contributed by atoms with van der Waals surface area (Å²) in [6.07, 6.45) is 0. The van der Waals surface area contributed by atoms with Crippen molar-refractivity contribution in [1.29, 1.82) is 0 Å². The molecule has 1 aromatic carbocycles. The Bertz CT molecular complexity index is 437. The minimum absolute atomic E-state index is 0.187. The number of ether oxygens (including phenoxy) is 1. The van der Waals surface area contributed by atoms with Crippen molar-refractivity contribution in [3.63, 3.8) is 0 Å². The fraction of sp³-hybridized carbons (Fsp3) is 0.417. The molecule has 2 N–H and O–H groups in total. The molecule has 0 aliphatic carbocycles. The lowest BCUT2D eigenvalue weighted by molar-refractivity contribution is -0.0504. The number of hydrogen-bond acceptors (Lipinski definition) is 4. The van der Waals surface area contributed by atoms with E-state index in [1.807, 2.05) is 6.92 Å². The van der Waals surface area contributed by atoms with Crippen molar-refractivity contribution in [3.05, 3.63) is 29.8 Å². The lowest BCUT2D eigenvalue weighted by Gasteiger charge is -2.12. The standard InChI is InChI=1S/C12H15F2N3O/c1-8-6-15-12(17-8)16-7-9-4-2-3-5-10(9)18-11(13)14/h2-5,8,11H,6-7H2,1H3,(H2,15,16,17). The second-order valence-corrected chi connectivity index (χ2v) is 4.07. The average molecular weight is 255 g/mol. The summed E-state index contributed by atoms with van der Waals surface area (Å²) in [6.45, 7) is 0.318. The van der Waals surface area contributed by atoms with Gasteiger partial charge in [0, 0.05) is 18.2 Å². The Morgan fingerprint density at radius 3 is 2.94 bits per heavy atom. The Labute approximate surface area is 104 Å². The van der Waals surface area contributed by atoms with Crippen LogP contribution in [0.3, 0.4) is 0 Å². The predicted molar refractivity (Wildman–Crippen MR) is 64.8 cm³/mol. The summed E-state index contributed by atoms with van der Waals surface area (Å²) >= 11 is 0. The van der Waals surface area contributed by atoms with E-state index < -0.39 is 6.61 Å². The van der Waals surface area contributed by atoms with Crippen LogP contribution in [0.5, 0.6) is 5.75 Å². The van der Waals surface area contributed by atoms with Gasteiger partial charge in [-0.05, 0) is 13.0 Å². The van der Waals surface area contributed by atoms with Crippen molar-refractivity contribution >= 4 is 5.96 Å². The molecule has 98 valence electrons. The van der Waals surface area contributed by atoms with Gasteiger partial charge in [-0.2, -0.15) is 8.78 Å². The van der Waals surface area contributed by atoms with Crippen molar-refractivity contribution in [2.45, 2.75) is 26.1 Å². The fourth-order valence-corrected chi connectivity index (χ4v) is 1.70. The predicted octanol–water partition coefficient (Wildman–Crippen LogP) is 1.73. The number of halogens is 2. The maximum absolute atomic E-state index is 12.2. The van der Waals surface area contributed by atoms with Crippen molar-refractivity contribution in [3.8, 4) is 5.75 Å². The highest BCUT2D eigenvalue weighted by Crippen LogP contribution is 2.19. The topological polar surface area (TPSA) is 45.7 Å². The maximum atomic E-state index is 12.2. The third-order valence-electron chi connectivity index (χ3n) is 2.54. The van der Waals surface area contributed by atoms with Gasteiger partial charge in [-0.25, -0.2) is 0 Å². The summed E-state index contributed by atoms with van der Waals surface area (Å²) in [4.78, 5) is 4.23.